The standard InChI is InChI=1S/C16H23NO6/c1-3-23-14(6-4-5-7-15(19)17-21)16(20)11-8-9-13(22-2)12(18)10-11/h5,7-10,14,16,18,20-21H,3-4,6H2,1-2H3,(H,17,19)/b7-5+/t14-,16-/m1/s1. The molecule has 0 aliphatic heterocycles. The fraction of sp³-hybridized carbons (Fsp3) is 0.438. The van der Waals surface area contributed by atoms with Gasteiger partial charge in [-0.1, -0.05) is 12.1 Å². The Labute approximate surface area is 135 Å². The molecule has 0 aromatic heterocycles. The fourth-order valence-electron chi connectivity index (χ4n) is 2.14. The third kappa shape index (κ3) is 5.90. The van der Waals surface area contributed by atoms with Gasteiger partial charge in [0.15, 0.2) is 11.5 Å². The Morgan fingerprint density at radius 3 is 2.74 bits per heavy atom. The summed E-state index contributed by atoms with van der Waals surface area (Å²) in [7, 11) is 1.45. The molecule has 7 heteroatoms. The van der Waals surface area contributed by atoms with Crippen LogP contribution in [-0.2, 0) is 9.53 Å². The summed E-state index contributed by atoms with van der Waals surface area (Å²) in [6.07, 6.45) is 2.32. The van der Waals surface area contributed by atoms with E-state index in [4.69, 9.17) is 14.7 Å². The molecule has 128 valence electrons. The Hall–Kier alpha value is -2.09. The van der Waals surface area contributed by atoms with Gasteiger partial charge in [0, 0.05) is 12.7 Å². The lowest BCUT2D eigenvalue weighted by molar-refractivity contribution is -0.124. The summed E-state index contributed by atoms with van der Waals surface area (Å²) in [4.78, 5) is 10.9. The summed E-state index contributed by atoms with van der Waals surface area (Å²) < 4.78 is 10.5. The zero-order chi connectivity index (χ0) is 17.2. The van der Waals surface area contributed by atoms with Crippen LogP contribution in [-0.4, -0.2) is 41.1 Å². The molecule has 1 aromatic rings. The van der Waals surface area contributed by atoms with Crippen molar-refractivity contribution in [2.24, 2.45) is 0 Å². The Morgan fingerprint density at radius 2 is 2.17 bits per heavy atom. The molecule has 1 rings (SSSR count). The molecule has 0 aliphatic rings. The normalized spacial score (nSPS) is 13.7. The molecule has 4 N–H and O–H groups in total. The number of hydroxylamine groups is 1. The Morgan fingerprint density at radius 1 is 1.43 bits per heavy atom. The average Bonchev–Trinajstić information content (AvgIpc) is 2.56. The second kappa shape index (κ2) is 9.83. The number of benzene rings is 1. The van der Waals surface area contributed by atoms with Crippen LogP contribution in [0.5, 0.6) is 11.5 Å². The first-order valence-corrected chi connectivity index (χ1v) is 7.30. The highest BCUT2D eigenvalue weighted by Crippen LogP contribution is 2.31. The molecule has 0 bridgehead atoms. The number of methoxy groups -OCH3 is 1. The van der Waals surface area contributed by atoms with Crippen molar-refractivity contribution in [3.05, 3.63) is 35.9 Å². The molecule has 0 unspecified atom stereocenters. The van der Waals surface area contributed by atoms with Gasteiger partial charge in [-0.15, -0.1) is 0 Å². The number of allylic oxidation sites excluding steroid dienone is 1. The molecular weight excluding hydrogens is 302 g/mol. The van der Waals surface area contributed by atoms with Crippen LogP contribution in [0.3, 0.4) is 0 Å². The predicted octanol–water partition coefficient (Wildman–Crippen LogP) is 1.68. The molecule has 0 spiro atoms. The van der Waals surface area contributed by atoms with E-state index in [1.54, 1.807) is 18.2 Å². The fourth-order valence-corrected chi connectivity index (χ4v) is 2.14. The minimum Gasteiger partial charge on any atom is -0.504 e. The molecular formula is C16H23NO6. The van der Waals surface area contributed by atoms with Gasteiger partial charge in [0.05, 0.1) is 13.2 Å². The van der Waals surface area contributed by atoms with Crippen LogP contribution >= 0.6 is 0 Å². The number of rotatable bonds is 9. The molecule has 0 radical (unpaired) electrons. The topological polar surface area (TPSA) is 108 Å². The van der Waals surface area contributed by atoms with Crippen LogP contribution in [0, 0.1) is 0 Å². The van der Waals surface area contributed by atoms with E-state index in [1.165, 1.54) is 24.7 Å². The van der Waals surface area contributed by atoms with Crippen molar-refractivity contribution in [3.63, 3.8) is 0 Å². The summed E-state index contributed by atoms with van der Waals surface area (Å²) in [5, 5.41) is 28.6. The van der Waals surface area contributed by atoms with Crippen LogP contribution in [0.1, 0.15) is 31.4 Å². The summed E-state index contributed by atoms with van der Waals surface area (Å²) in [5.74, 6) is -0.343. The Bertz CT molecular complexity index is 531. The molecule has 2 atom stereocenters. The molecule has 0 saturated carbocycles. The van der Waals surface area contributed by atoms with Crippen LogP contribution in [0.15, 0.2) is 30.4 Å². The van der Waals surface area contributed by atoms with Crippen molar-refractivity contribution in [2.75, 3.05) is 13.7 Å². The van der Waals surface area contributed by atoms with Gasteiger partial charge in [0.25, 0.3) is 5.91 Å². The number of aromatic hydroxyl groups is 1. The van der Waals surface area contributed by atoms with E-state index in [0.717, 1.165) is 0 Å². The quantitative estimate of drug-likeness (QED) is 0.312. The van der Waals surface area contributed by atoms with Gasteiger partial charge >= 0.3 is 0 Å². The third-order valence-electron chi connectivity index (χ3n) is 3.27. The lowest BCUT2D eigenvalue weighted by atomic mass is 10.00. The number of hydrogen-bond acceptors (Lipinski definition) is 6. The first-order valence-electron chi connectivity index (χ1n) is 7.30. The van der Waals surface area contributed by atoms with Crippen LogP contribution in [0.4, 0.5) is 0 Å². The van der Waals surface area contributed by atoms with E-state index in [1.807, 2.05) is 6.92 Å². The highest BCUT2D eigenvalue weighted by Gasteiger charge is 2.21. The molecule has 23 heavy (non-hydrogen) atoms. The van der Waals surface area contributed by atoms with Gasteiger partial charge in [-0.25, -0.2) is 5.48 Å². The number of hydrogen-bond donors (Lipinski definition) is 4. The second-order valence-electron chi connectivity index (χ2n) is 4.83. The number of phenols is 1. The number of aliphatic hydroxyl groups is 1. The minimum absolute atomic E-state index is 0.0567. The number of amides is 1. The van der Waals surface area contributed by atoms with E-state index < -0.39 is 18.1 Å². The highest BCUT2D eigenvalue weighted by molar-refractivity contribution is 5.86. The molecule has 0 fully saturated rings. The van der Waals surface area contributed by atoms with Crippen LogP contribution in [0.25, 0.3) is 0 Å². The summed E-state index contributed by atoms with van der Waals surface area (Å²) in [6.45, 7) is 2.24. The van der Waals surface area contributed by atoms with E-state index in [-0.39, 0.29) is 5.75 Å². The van der Waals surface area contributed by atoms with Gasteiger partial charge in [0.2, 0.25) is 0 Å². The Kier molecular flexibility index (Phi) is 8.10. The number of nitrogens with one attached hydrogen (secondary N) is 1. The van der Waals surface area contributed by atoms with Gasteiger partial charge in [-0.05, 0) is 37.5 Å². The zero-order valence-electron chi connectivity index (χ0n) is 13.2. The third-order valence-corrected chi connectivity index (χ3v) is 3.27. The van der Waals surface area contributed by atoms with Gasteiger partial charge in [-0.2, -0.15) is 0 Å². The highest BCUT2D eigenvalue weighted by atomic mass is 16.5. The first kappa shape index (κ1) is 19.0. The van der Waals surface area contributed by atoms with Gasteiger partial charge < -0.3 is 19.7 Å². The average molecular weight is 325 g/mol. The monoisotopic (exact) mass is 325 g/mol. The predicted molar refractivity (Wildman–Crippen MR) is 83.3 cm³/mol. The van der Waals surface area contributed by atoms with Crippen molar-refractivity contribution < 1.29 is 29.7 Å². The lowest BCUT2D eigenvalue weighted by Gasteiger charge is -2.23. The molecule has 0 aliphatic carbocycles. The van der Waals surface area contributed by atoms with E-state index in [9.17, 15) is 15.0 Å². The maximum Gasteiger partial charge on any atom is 0.267 e. The maximum atomic E-state index is 10.9. The number of carbonyl (C=O) groups is 1. The van der Waals surface area contributed by atoms with Gasteiger partial charge in [-0.3, -0.25) is 10.0 Å². The van der Waals surface area contributed by atoms with Crippen molar-refractivity contribution >= 4 is 5.91 Å². The number of carbonyl (C=O) groups excluding carboxylic acids is 1. The summed E-state index contributed by atoms with van der Waals surface area (Å²) >= 11 is 0. The minimum atomic E-state index is -0.924. The number of aliphatic hydroxyl groups excluding tert-OH is 1. The van der Waals surface area contributed by atoms with Crippen molar-refractivity contribution in [1.82, 2.24) is 5.48 Å². The Balaban J connectivity index is 2.73. The SMILES string of the molecule is CCO[C@H](CC/C=C/C(=O)NO)[C@H](O)c1ccc(OC)c(O)c1. The summed E-state index contributed by atoms with van der Waals surface area (Å²) in [6, 6.07) is 4.66. The van der Waals surface area contributed by atoms with E-state index in [2.05, 4.69) is 0 Å². The first-order chi connectivity index (χ1) is 11.0. The van der Waals surface area contributed by atoms with Crippen molar-refractivity contribution in [3.8, 4) is 11.5 Å². The zero-order valence-corrected chi connectivity index (χ0v) is 13.2. The van der Waals surface area contributed by atoms with Crippen LogP contribution in [0.2, 0.25) is 0 Å². The molecule has 1 aromatic carbocycles. The molecule has 7 nitrogen and oxygen atoms in total. The number of ether oxygens (including phenoxy) is 2. The van der Waals surface area contributed by atoms with Gasteiger partial charge in [0.1, 0.15) is 6.10 Å². The van der Waals surface area contributed by atoms with Crippen LogP contribution < -0.4 is 10.2 Å². The second-order valence-corrected chi connectivity index (χ2v) is 4.83. The van der Waals surface area contributed by atoms with E-state index >= 15 is 0 Å². The molecule has 0 heterocycles. The number of phenolic OH excluding ortho intramolecular Hbond substituents is 1. The van der Waals surface area contributed by atoms with Crippen molar-refractivity contribution in [2.45, 2.75) is 32.0 Å². The smallest absolute Gasteiger partial charge is 0.267 e. The molecule has 1 amide bonds. The largest absolute Gasteiger partial charge is 0.504 e. The lowest BCUT2D eigenvalue weighted by Crippen LogP contribution is -2.22. The van der Waals surface area contributed by atoms with E-state index in [0.29, 0.717) is 30.8 Å². The van der Waals surface area contributed by atoms with Crippen molar-refractivity contribution in [1.29, 1.82) is 0 Å². The maximum absolute atomic E-state index is 10.9. The molecule has 0 saturated heterocycles. The summed E-state index contributed by atoms with van der Waals surface area (Å²) in [5.41, 5.74) is 2.01.